The summed E-state index contributed by atoms with van der Waals surface area (Å²) in [6.07, 6.45) is 0. The second-order valence-corrected chi connectivity index (χ2v) is 4.26. The largest absolute Gasteiger partial charge is 0.480 e. The van der Waals surface area contributed by atoms with Gasteiger partial charge in [0, 0.05) is 11.6 Å². The van der Waals surface area contributed by atoms with Gasteiger partial charge in [-0.3, -0.25) is 19.7 Å². The number of benzene rings is 1. The topological polar surface area (TPSA) is 127 Å². The Hall–Kier alpha value is -2.48. The Morgan fingerprint density at radius 1 is 1.45 bits per heavy atom. The standard InChI is InChI=1S/C12H15N3O5/c1-8(13)12(18)14(7-11(16)17)6-9-4-2-3-5-10(9)15(19)20/h2-5,8H,6-7,13H2,1H3,(H,16,17)/t8-/m0/s1. The van der Waals surface area contributed by atoms with Gasteiger partial charge in [-0.1, -0.05) is 18.2 Å². The van der Waals surface area contributed by atoms with Gasteiger partial charge in [0.15, 0.2) is 0 Å². The van der Waals surface area contributed by atoms with Crippen molar-refractivity contribution in [1.29, 1.82) is 0 Å². The summed E-state index contributed by atoms with van der Waals surface area (Å²) in [4.78, 5) is 33.9. The van der Waals surface area contributed by atoms with Crippen LogP contribution in [0.25, 0.3) is 0 Å². The van der Waals surface area contributed by atoms with Gasteiger partial charge in [0.1, 0.15) is 6.54 Å². The summed E-state index contributed by atoms with van der Waals surface area (Å²) in [6.45, 7) is 0.687. The lowest BCUT2D eigenvalue weighted by Gasteiger charge is -2.22. The van der Waals surface area contributed by atoms with E-state index in [2.05, 4.69) is 0 Å². The van der Waals surface area contributed by atoms with E-state index < -0.39 is 29.4 Å². The van der Waals surface area contributed by atoms with Gasteiger partial charge in [0.25, 0.3) is 5.69 Å². The average molecular weight is 281 g/mol. The number of hydrogen-bond acceptors (Lipinski definition) is 5. The van der Waals surface area contributed by atoms with Gasteiger partial charge in [-0.05, 0) is 6.92 Å². The molecule has 1 atom stereocenters. The number of carbonyl (C=O) groups excluding carboxylic acids is 1. The molecule has 0 saturated carbocycles. The van der Waals surface area contributed by atoms with E-state index in [1.807, 2.05) is 0 Å². The van der Waals surface area contributed by atoms with Gasteiger partial charge in [-0.2, -0.15) is 0 Å². The van der Waals surface area contributed by atoms with Crippen molar-refractivity contribution in [3.05, 3.63) is 39.9 Å². The van der Waals surface area contributed by atoms with Crippen LogP contribution in [0.1, 0.15) is 12.5 Å². The van der Waals surface area contributed by atoms with Crippen LogP contribution in [-0.4, -0.2) is 39.4 Å². The lowest BCUT2D eigenvalue weighted by molar-refractivity contribution is -0.385. The first-order chi connectivity index (χ1) is 9.32. The third-order valence-corrected chi connectivity index (χ3v) is 2.58. The fourth-order valence-electron chi connectivity index (χ4n) is 1.69. The molecule has 0 aliphatic carbocycles. The molecular formula is C12H15N3O5. The molecule has 0 aromatic heterocycles. The number of amides is 1. The highest BCUT2D eigenvalue weighted by atomic mass is 16.6. The molecule has 108 valence electrons. The van der Waals surface area contributed by atoms with Crippen LogP contribution >= 0.6 is 0 Å². The normalized spacial score (nSPS) is 11.7. The van der Waals surface area contributed by atoms with Crippen molar-refractivity contribution in [3.8, 4) is 0 Å². The first kappa shape index (κ1) is 15.6. The highest BCUT2D eigenvalue weighted by Gasteiger charge is 2.23. The Morgan fingerprint density at radius 2 is 2.05 bits per heavy atom. The Kier molecular flexibility index (Phi) is 5.15. The summed E-state index contributed by atoms with van der Waals surface area (Å²) in [7, 11) is 0. The van der Waals surface area contributed by atoms with Crippen molar-refractivity contribution in [2.45, 2.75) is 19.5 Å². The number of nitrogens with zero attached hydrogens (tertiary/aromatic N) is 2. The minimum Gasteiger partial charge on any atom is -0.480 e. The molecule has 0 saturated heterocycles. The van der Waals surface area contributed by atoms with Crippen molar-refractivity contribution in [2.24, 2.45) is 5.73 Å². The smallest absolute Gasteiger partial charge is 0.323 e. The van der Waals surface area contributed by atoms with Crippen LogP contribution < -0.4 is 5.73 Å². The van der Waals surface area contributed by atoms with Crippen LogP contribution in [0, 0.1) is 10.1 Å². The van der Waals surface area contributed by atoms with E-state index in [1.54, 1.807) is 6.07 Å². The first-order valence-electron chi connectivity index (χ1n) is 5.81. The van der Waals surface area contributed by atoms with Gasteiger partial charge in [0.05, 0.1) is 17.5 Å². The summed E-state index contributed by atoms with van der Waals surface area (Å²) in [5.74, 6) is -1.79. The quantitative estimate of drug-likeness (QED) is 0.572. The summed E-state index contributed by atoms with van der Waals surface area (Å²) < 4.78 is 0. The average Bonchev–Trinajstić information content (AvgIpc) is 2.36. The molecule has 0 fully saturated rings. The number of nitro benzene ring substituents is 1. The van der Waals surface area contributed by atoms with Crippen molar-refractivity contribution in [3.63, 3.8) is 0 Å². The number of carboxylic acid groups (broad SMARTS) is 1. The lowest BCUT2D eigenvalue weighted by atomic mass is 10.1. The first-order valence-corrected chi connectivity index (χ1v) is 5.81. The van der Waals surface area contributed by atoms with E-state index in [4.69, 9.17) is 10.8 Å². The van der Waals surface area contributed by atoms with Crippen LogP contribution in [0.15, 0.2) is 24.3 Å². The van der Waals surface area contributed by atoms with Crippen LogP contribution in [-0.2, 0) is 16.1 Å². The summed E-state index contributed by atoms with van der Waals surface area (Å²) in [6, 6.07) is 4.97. The van der Waals surface area contributed by atoms with Crippen molar-refractivity contribution in [2.75, 3.05) is 6.54 Å². The summed E-state index contributed by atoms with van der Waals surface area (Å²) in [5.41, 5.74) is 5.54. The van der Waals surface area contributed by atoms with E-state index in [0.717, 1.165) is 4.90 Å². The molecule has 0 unspecified atom stereocenters. The van der Waals surface area contributed by atoms with Crippen molar-refractivity contribution < 1.29 is 19.6 Å². The zero-order chi connectivity index (χ0) is 15.3. The molecular weight excluding hydrogens is 266 g/mol. The number of carbonyl (C=O) groups is 2. The number of aliphatic carboxylic acids is 1. The summed E-state index contributed by atoms with van der Waals surface area (Å²) >= 11 is 0. The number of hydrogen-bond donors (Lipinski definition) is 2. The number of rotatable bonds is 6. The van der Waals surface area contributed by atoms with Gasteiger partial charge in [-0.25, -0.2) is 0 Å². The van der Waals surface area contributed by atoms with Gasteiger partial charge in [0.2, 0.25) is 5.91 Å². The molecule has 0 heterocycles. The van der Waals surface area contributed by atoms with Crippen molar-refractivity contribution in [1.82, 2.24) is 4.90 Å². The minimum absolute atomic E-state index is 0.166. The Morgan fingerprint density at radius 3 is 2.55 bits per heavy atom. The zero-order valence-electron chi connectivity index (χ0n) is 10.9. The molecule has 3 N–H and O–H groups in total. The van der Waals surface area contributed by atoms with Crippen LogP contribution in [0.5, 0.6) is 0 Å². The number of nitro groups is 1. The predicted octanol–water partition coefficient (Wildman–Crippen LogP) is 0.355. The molecule has 8 heteroatoms. The minimum atomic E-state index is -1.21. The molecule has 1 amide bonds. The molecule has 1 aromatic carbocycles. The van der Waals surface area contributed by atoms with Gasteiger partial charge in [-0.15, -0.1) is 0 Å². The summed E-state index contributed by atoms with van der Waals surface area (Å²) in [5, 5.41) is 19.7. The van der Waals surface area contributed by atoms with Crippen LogP contribution in [0.4, 0.5) is 5.69 Å². The maximum atomic E-state index is 11.8. The zero-order valence-corrected chi connectivity index (χ0v) is 10.9. The fraction of sp³-hybridized carbons (Fsp3) is 0.333. The Bertz CT molecular complexity index is 530. The lowest BCUT2D eigenvalue weighted by Crippen LogP contribution is -2.44. The highest BCUT2D eigenvalue weighted by Crippen LogP contribution is 2.19. The maximum Gasteiger partial charge on any atom is 0.323 e. The van der Waals surface area contributed by atoms with Gasteiger partial charge < -0.3 is 15.7 Å². The van der Waals surface area contributed by atoms with E-state index >= 15 is 0 Å². The molecule has 8 nitrogen and oxygen atoms in total. The number of carboxylic acids is 1. The number of para-hydroxylation sites is 1. The molecule has 0 aliphatic heterocycles. The molecule has 1 aromatic rings. The van der Waals surface area contributed by atoms with E-state index in [-0.39, 0.29) is 17.8 Å². The Balaban J connectivity index is 3.04. The Labute approximate surface area is 114 Å². The number of nitrogens with two attached hydrogens (primary N) is 1. The van der Waals surface area contributed by atoms with Crippen LogP contribution in [0.3, 0.4) is 0 Å². The molecule has 20 heavy (non-hydrogen) atoms. The second kappa shape index (κ2) is 6.62. The van der Waals surface area contributed by atoms with Gasteiger partial charge >= 0.3 is 5.97 Å². The van der Waals surface area contributed by atoms with E-state index in [9.17, 15) is 19.7 Å². The SMILES string of the molecule is C[C@H](N)C(=O)N(CC(=O)O)Cc1ccccc1[N+](=O)[O-]. The highest BCUT2D eigenvalue weighted by molar-refractivity contribution is 5.84. The third-order valence-electron chi connectivity index (χ3n) is 2.58. The molecule has 0 bridgehead atoms. The molecule has 0 aliphatic rings. The van der Waals surface area contributed by atoms with Crippen molar-refractivity contribution >= 4 is 17.6 Å². The van der Waals surface area contributed by atoms with E-state index in [0.29, 0.717) is 0 Å². The molecule has 0 radical (unpaired) electrons. The van der Waals surface area contributed by atoms with E-state index in [1.165, 1.54) is 25.1 Å². The predicted molar refractivity (Wildman–Crippen MR) is 69.8 cm³/mol. The third kappa shape index (κ3) is 4.02. The molecule has 0 spiro atoms. The fourth-order valence-corrected chi connectivity index (χ4v) is 1.69. The van der Waals surface area contributed by atoms with Crippen LogP contribution in [0.2, 0.25) is 0 Å². The monoisotopic (exact) mass is 281 g/mol. The second-order valence-electron chi connectivity index (χ2n) is 4.26. The maximum absolute atomic E-state index is 11.8. The molecule has 1 rings (SSSR count).